The summed E-state index contributed by atoms with van der Waals surface area (Å²) < 4.78 is 30.1. The van der Waals surface area contributed by atoms with Crippen molar-refractivity contribution >= 4 is 5.97 Å². The molecule has 0 bridgehead atoms. The van der Waals surface area contributed by atoms with Crippen LogP contribution in [0.5, 0.6) is 0 Å². The highest BCUT2D eigenvalue weighted by atomic mass is 19.3. The second kappa shape index (κ2) is 6.05. The van der Waals surface area contributed by atoms with Gasteiger partial charge in [0, 0.05) is 17.3 Å². The lowest BCUT2D eigenvalue weighted by Gasteiger charge is -2.11. The van der Waals surface area contributed by atoms with Crippen LogP contribution in [0.2, 0.25) is 0 Å². The molecule has 0 unspecified atom stereocenters. The number of alkyl halides is 2. The first-order chi connectivity index (χ1) is 8.51. The van der Waals surface area contributed by atoms with Gasteiger partial charge in [0.2, 0.25) is 0 Å². The van der Waals surface area contributed by atoms with E-state index in [1.54, 1.807) is 13.0 Å². The number of nitrogens with zero attached hydrogens (tertiary/aromatic N) is 2. The Hall–Kier alpha value is -2.03. The molecular formula is C12H12F2N2O2. The maximum Gasteiger partial charge on any atom is 0.310 e. The molecule has 96 valence electrons. The second-order valence-electron chi connectivity index (χ2n) is 3.56. The Labute approximate surface area is 103 Å². The molecule has 0 saturated carbocycles. The molecule has 1 aromatic rings. The minimum absolute atomic E-state index is 0.0232. The molecule has 1 rings (SSSR count). The van der Waals surface area contributed by atoms with Crippen LogP contribution in [0.25, 0.3) is 0 Å². The van der Waals surface area contributed by atoms with Crippen molar-refractivity contribution in [3.63, 3.8) is 0 Å². The fraction of sp³-hybridized carbons (Fsp3) is 0.417. The monoisotopic (exact) mass is 254 g/mol. The molecule has 6 heteroatoms. The number of carbonyl (C=O) groups is 1. The normalized spacial score (nSPS) is 10.2. The second-order valence-corrected chi connectivity index (χ2v) is 3.56. The molecule has 0 aliphatic heterocycles. The van der Waals surface area contributed by atoms with Crippen molar-refractivity contribution in [3.05, 3.63) is 28.6 Å². The molecule has 0 aromatic carbocycles. The molecule has 0 amide bonds. The zero-order chi connectivity index (χ0) is 13.7. The maximum atomic E-state index is 12.7. The molecule has 0 fully saturated rings. The van der Waals surface area contributed by atoms with E-state index in [-0.39, 0.29) is 35.4 Å². The van der Waals surface area contributed by atoms with E-state index >= 15 is 0 Å². The fourth-order valence-corrected chi connectivity index (χ4v) is 1.55. The highest BCUT2D eigenvalue weighted by Crippen LogP contribution is 2.25. The molecule has 0 aliphatic rings. The van der Waals surface area contributed by atoms with E-state index in [0.717, 1.165) is 6.20 Å². The average Bonchev–Trinajstić information content (AvgIpc) is 2.31. The van der Waals surface area contributed by atoms with Gasteiger partial charge in [-0.15, -0.1) is 0 Å². The summed E-state index contributed by atoms with van der Waals surface area (Å²) in [5.74, 6) is -0.565. The van der Waals surface area contributed by atoms with E-state index in [2.05, 4.69) is 4.98 Å². The number of ether oxygens (including phenoxy) is 1. The van der Waals surface area contributed by atoms with Gasteiger partial charge >= 0.3 is 5.97 Å². The third-order valence-corrected chi connectivity index (χ3v) is 2.47. The Kier molecular flexibility index (Phi) is 4.72. The number of hydrogen-bond donors (Lipinski definition) is 0. The largest absolute Gasteiger partial charge is 0.466 e. The molecule has 0 atom stereocenters. The molecule has 0 aliphatic carbocycles. The van der Waals surface area contributed by atoms with Gasteiger partial charge in [-0.1, -0.05) is 0 Å². The third kappa shape index (κ3) is 3.00. The quantitative estimate of drug-likeness (QED) is 0.773. The topological polar surface area (TPSA) is 63.0 Å². The van der Waals surface area contributed by atoms with Crippen molar-refractivity contribution in [1.82, 2.24) is 4.98 Å². The van der Waals surface area contributed by atoms with E-state index in [1.807, 2.05) is 0 Å². The molecule has 4 nitrogen and oxygen atoms in total. The van der Waals surface area contributed by atoms with Crippen molar-refractivity contribution in [3.8, 4) is 6.07 Å². The predicted octanol–water partition coefficient (Wildman–Crippen LogP) is 2.30. The molecule has 0 radical (unpaired) electrons. The van der Waals surface area contributed by atoms with E-state index in [9.17, 15) is 13.6 Å². The molecule has 1 heterocycles. The summed E-state index contributed by atoms with van der Waals surface area (Å²) in [4.78, 5) is 15.0. The van der Waals surface area contributed by atoms with Gasteiger partial charge in [0.15, 0.2) is 0 Å². The number of hydrogen-bond acceptors (Lipinski definition) is 4. The maximum absolute atomic E-state index is 12.7. The Morgan fingerprint density at radius 3 is 2.78 bits per heavy atom. The minimum Gasteiger partial charge on any atom is -0.466 e. The summed E-state index contributed by atoms with van der Waals surface area (Å²) in [5, 5.41) is 8.86. The van der Waals surface area contributed by atoms with Crippen LogP contribution in [-0.4, -0.2) is 17.6 Å². The Balaban J connectivity index is 3.18. The predicted molar refractivity (Wildman–Crippen MR) is 59.0 cm³/mol. The van der Waals surface area contributed by atoms with Gasteiger partial charge < -0.3 is 4.74 Å². The van der Waals surface area contributed by atoms with Crippen molar-refractivity contribution < 1.29 is 18.3 Å². The Bertz CT molecular complexity index is 496. The van der Waals surface area contributed by atoms with Crippen molar-refractivity contribution in [2.45, 2.75) is 26.7 Å². The fourth-order valence-electron chi connectivity index (χ4n) is 1.55. The van der Waals surface area contributed by atoms with Crippen LogP contribution >= 0.6 is 0 Å². The number of aromatic nitrogens is 1. The van der Waals surface area contributed by atoms with Crippen LogP contribution in [0.3, 0.4) is 0 Å². The lowest BCUT2D eigenvalue weighted by Crippen LogP contribution is -2.12. The van der Waals surface area contributed by atoms with Gasteiger partial charge in [0.1, 0.15) is 11.8 Å². The van der Waals surface area contributed by atoms with Crippen LogP contribution < -0.4 is 0 Å². The Morgan fingerprint density at radius 1 is 1.61 bits per heavy atom. The van der Waals surface area contributed by atoms with Crippen LogP contribution in [0.4, 0.5) is 8.78 Å². The van der Waals surface area contributed by atoms with Gasteiger partial charge in [-0.3, -0.25) is 4.79 Å². The molecule has 1 aromatic heterocycles. The van der Waals surface area contributed by atoms with Gasteiger partial charge in [0.05, 0.1) is 13.0 Å². The van der Waals surface area contributed by atoms with E-state index in [4.69, 9.17) is 10.00 Å². The molecule has 0 N–H and O–H groups in total. The SMILES string of the molecule is CCOC(=O)Cc1c(C#N)ncc(C(F)F)c1C. The molecular weight excluding hydrogens is 242 g/mol. The summed E-state index contributed by atoms with van der Waals surface area (Å²) in [6.45, 7) is 3.28. The summed E-state index contributed by atoms with van der Waals surface area (Å²) in [7, 11) is 0. The van der Waals surface area contributed by atoms with Crippen LogP contribution in [0.15, 0.2) is 6.20 Å². The lowest BCUT2D eigenvalue weighted by molar-refractivity contribution is -0.142. The van der Waals surface area contributed by atoms with Crippen molar-refractivity contribution in [1.29, 1.82) is 5.26 Å². The van der Waals surface area contributed by atoms with Gasteiger partial charge in [-0.25, -0.2) is 13.8 Å². The highest BCUT2D eigenvalue weighted by Gasteiger charge is 2.19. The lowest BCUT2D eigenvalue weighted by atomic mass is 10.0. The molecule has 0 saturated heterocycles. The van der Waals surface area contributed by atoms with Gasteiger partial charge in [0.25, 0.3) is 6.43 Å². The van der Waals surface area contributed by atoms with Crippen molar-refractivity contribution in [2.24, 2.45) is 0 Å². The summed E-state index contributed by atoms with van der Waals surface area (Å²) in [6.07, 6.45) is -1.95. The Morgan fingerprint density at radius 2 is 2.28 bits per heavy atom. The zero-order valence-corrected chi connectivity index (χ0v) is 10.0. The molecule has 0 spiro atoms. The van der Waals surface area contributed by atoms with Crippen LogP contribution in [0, 0.1) is 18.3 Å². The number of carbonyl (C=O) groups excluding carboxylic acids is 1. The standard InChI is InChI=1S/C12H12F2N2O2/c1-3-18-11(17)4-8-7(2)9(12(13)14)6-16-10(8)5-15/h6,12H,3-4H2,1-2H3. The van der Waals surface area contributed by atoms with E-state index in [0.29, 0.717) is 0 Å². The number of halogens is 2. The smallest absolute Gasteiger partial charge is 0.310 e. The van der Waals surface area contributed by atoms with E-state index in [1.165, 1.54) is 6.92 Å². The van der Waals surface area contributed by atoms with Crippen LogP contribution in [-0.2, 0) is 16.0 Å². The van der Waals surface area contributed by atoms with Gasteiger partial charge in [-0.05, 0) is 19.4 Å². The molecule has 18 heavy (non-hydrogen) atoms. The number of esters is 1. The first-order valence-electron chi connectivity index (χ1n) is 5.33. The zero-order valence-electron chi connectivity index (χ0n) is 10.0. The summed E-state index contributed by atoms with van der Waals surface area (Å²) in [5.41, 5.74) is 0.122. The van der Waals surface area contributed by atoms with Crippen LogP contribution in [0.1, 0.15) is 35.7 Å². The summed E-state index contributed by atoms with van der Waals surface area (Å²) >= 11 is 0. The first-order valence-corrected chi connectivity index (χ1v) is 5.33. The number of rotatable bonds is 4. The van der Waals surface area contributed by atoms with Gasteiger partial charge in [-0.2, -0.15) is 5.26 Å². The number of pyridine rings is 1. The van der Waals surface area contributed by atoms with E-state index < -0.39 is 12.4 Å². The summed E-state index contributed by atoms with van der Waals surface area (Å²) in [6, 6.07) is 1.79. The average molecular weight is 254 g/mol. The minimum atomic E-state index is -2.69. The van der Waals surface area contributed by atoms with Crippen molar-refractivity contribution in [2.75, 3.05) is 6.61 Å². The first kappa shape index (κ1) is 14.0. The number of nitriles is 1. The third-order valence-electron chi connectivity index (χ3n) is 2.47. The highest BCUT2D eigenvalue weighted by molar-refractivity contribution is 5.74.